The Morgan fingerprint density at radius 3 is 2.61 bits per heavy atom. The predicted molar refractivity (Wildman–Crippen MR) is 86.2 cm³/mol. The van der Waals surface area contributed by atoms with Gasteiger partial charge in [-0.2, -0.15) is 0 Å². The maximum absolute atomic E-state index is 12.3. The Bertz CT molecular complexity index is 582. The van der Waals surface area contributed by atoms with Crippen LogP contribution in [0.3, 0.4) is 0 Å². The summed E-state index contributed by atoms with van der Waals surface area (Å²) >= 11 is 0. The number of carbonyl (C=O) groups excluding carboxylic acids is 2. The number of nitrogens with one attached hydrogen (secondary N) is 2. The van der Waals surface area contributed by atoms with Gasteiger partial charge in [-0.1, -0.05) is 18.2 Å². The summed E-state index contributed by atoms with van der Waals surface area (Å²) in [6, 6.07) is 7.77. The molecule has 0 saturated carbocycles. The van der Waals surface area contributed by atoms with E-state index in [9.17, 15) is 9.59 Å². The Balaban J connectivity index is 1.52. The van der Waals surface area contributed by atoms with E-state index in [1.165, 1.54) is 0 Å². The molecule has 124 valence electrons. The van der Waals surface area contributed by atoms with Crippen molar-refractivity contribution in [1.29, 1.82) is 0 Å². The number of likely N-dealkylation sites (tertiary alicyclic amines) is 1. The first kappa shape index (κ1) is 15.6. The van der Waals surface area contributed by atoms with Crippen LogP contribution in [0.25, 0.3) is 0 Å². The molecule has 0 bridgehead atoms. The lowest BCUT2D eigenvalue weighted by Crippen LogP contribution is -2.49. The molecule has 3 rings (SSSR count). The van der Waals surface area contributed by atoms with E-state index in [0.717, 1.165) is 30.6 Å². The van der Waals surface area contributed by atoms with Crippen molar-refractivity contribution in [2.24, 2.45) is 0 Å². The molecule has 1 saturated heterocycles. The number of piperidine rings is 1. The summed E-state index contributed by atoms with van der Waals surface area (Å²) in [6.45, 7) is 3.61. The maximum atomic E-state index is 12.3. The van der Waals surface area contributed by atoms with Crippen LogP contribution in [0.5, 0.6) is 5.75 Å². The fourth-order valence-corrected chi connectivity index (χ4v) is 3.22. The van der Waals surface area contributed by atoms with E-state index in [1.807, 2.05) is 29.2 Å². The van der Waals surface area contributed by atoms with Crippen molar-refractivity contribution >= 4 is 11.9 Å². The van der Waals surface area contributed by atoms with E-state index in [0.29, 0.717) is 19.7 Å². The van der Waals surface area contributed by atoms with Crippen molar-refractivity contribution in [2.75, 3.05) is 19.7 Å². The molecule has 2 N–H and O–H groups in total. The first-order valence-electron chi connectivity index (χ1n) is 8.18. The van der Waals surface area contributed by atoms with E-state index >= 15 is 0 Å². The molecule has 2 aliphatic rings. The van der Waals surface area contributed by atoms with Gasteiger partial charge in [-0.3, -0.25) is 4.79 Å². The zero-order chi connectivity index (χ0) is 16.2. The van der Waals surface area contributed by atoms with Crippen molar-refractivity contribution in [3.8, 4) is 5.75 Å². The Morgan fingerprint density at radius 2 is 1.87 bits per heavy atom. The molecule has 0 aromatic heterocycles. The third-order valence-electron chi connectivity index (χ3n) is 4.54. The van der Waals surface area contributed by atoms with Gasteiger partial charge in [0.15, 0.2) is 0 Å². The summed E-state index contributed by atoms with van der Waals surface area (Å²) in [4.78, 5) is 25.4. The second-order valence-corrected chi connectivity index (χ2v) is 6.13. The molecule has 6 heteroatoms. The van der Waals surface area contributed by atoms with E-state index < -0.39 is 0 Å². The Morgan fingerprint density at radius 1 is 1.13 bits per heavy atom. The maximum Gasteiger partial charge on any atom is 0.315 e. The Kier molecular flexibility index (Phi) is 4.69. The number of hydrogen-bond acceptors (Lipinski definition) is 3. The molecule has 3 amide bonds. The average molecular weight is 317 g/mol. The van der Waals surface area contributed by atoms with Crippen LogP contribution in [0, 0.1) is 0 Å². The minimum atomic E-state index is -0.145. The largest absolute Gasteiger partial charge is 0.493 e. The highest BCUT2D eigenvalue weighted by molar-refractivity contribution is 5.75. The lowest BCUT2D eigenvalue weighted by molar-refractivity contribution is -0.129. The summed E-state index contributed by atoms with van der Waals surface area (Å²) in [5.41, 5.74) is 1.03. The zero-order valence-corrected chi connectivity index (χ0v) is 13.4. The molecule has 1 unspecified atom stereocenters. The molecule has 1 aromatic carbocycles. The first-order valence-corrected chi connectivity index (χ1v) is 8.18. The van der Waals surface area contributed by atoms with Crippen LogP contribution < -0.4 is 15.4 Å². The van der Waals surface area contributed by atoms with E-state index in [4.69, 9.17) is 4.74 Å². The van der Waals surface area contributed by atoms with Crippen LogP contribution in [0.4, 0.5) is 4.79 Å². The molecule has 6 nitrogen and oxygen atoms in total. The summed E-state index contributed by atoms with van der Waals surface area (Å²) in [5.74, 6) is 0.950. The smallest absolute Gasteiger partial charge is 0.315 e. The quantitative estimate of drug-likeness (QED) is 0.874. The van der Waals surface area contributed by atoms with Gasteiger partial charge in [-0.15, -0.1) is 0 Å². The number of benzene rings is 1. The minimum Gasteiger partial charge on any atom is -0.493 e. The highest BCUT2D eigenvalue weighted by Gasteiger charge is 2.25. The molecular formula is C17H23N3O3. The SMILES string of the molecule is CC(=O)N1CCC(NC(=O)NC2CCOc3ccccc32)CC1. The molecule has 2 heterocycles. The van der Waals surface area contributed by atoms with E-state index in [1.54, 1.807) is 6.92 Å². The van der Waals surface area contributed by atoms with Gasteiger partial charge in [0.25, 0.3) is 0 Å². The third-order valence-corrected chi connectivity index (χ3v) is 4.54. The molecule has 1 atom stereocenters. The number of hydrogen-bond donors (Lipinski definition) is 2. The summed E-state index contributed by atoms with van der Waals surface area (Å²) < 4.78 is 5.61. The Hall–Kier alpha value is -2.24. The van der Waals surface area contributed by atoms with Crippen LogP contribution in [-0.4, -0.2) is 42.6 Å². The number of carbonyl (C=O) groups is 2. The van der Waals surface area contributed by atoms with Gasteiger partial charge in [0.1, 0.15) is 5.75 Å². The number of urea groups is 1. The predicted octanol–water partition coefficient (Wildman–Crippen LogP) is 1.82. The number of fused-ring (bicyclic) bond motifs is 1. The number of para-hydroxylation sites is 1. The molecular weight excluding hydrogens is 294 g/mol. The van der Waals surface area contributed by atoms with Crippen molar-refractivity contribution in [3.63, 3.8) is 0 Å². The van der Waals surface area contributed by atoms with Crippen LogP contribution in [0.2, 0.25) is 0 Å². The number of rotatable bonds is 2. The van der Waals surface area contributed by atoms with Gasteiger partial charge >= 0.3 is 6.03 Å². The highest BCUT2D eigenvalue weighted by atomic mass is 16.5. The molecule has 2 aliphatic heterocycles. The summed E-state index contributed by atoms with van der Waals surface area (Å²) in [7, 11) is 0. The number of amides is 3. The van der Waals surface area contributed by atoms with Gasteiger partial charge < -0.3 is 20.3 Å². The van der Waals surface area contributed by atoms with Crippen LogP contribution in [0.15, 0.2) is 24.3 Å². The fraction of sp³-hybridized carbons (Fsp3) is 0.529. The second kappa shape index (κ2) is 6.89. The third kappa shape index (κ3) is 3.75. The summed E-state index contributed by atoms with van der Waals surface area (Å²) in [5, 5.41) is 6.07. The number of nitrogens with zero attached hydrogens (tertiary/aromatic N) is 1. The molecule has 0 radical (unpaired) electrons. The van der Waals surface area contributed by atoms with Gasteiger partial charge in [-0.25, -0.2) is 4.79 Å². The average Bonchev–Trinajstić information content (AvgIpc) is 2.55. The monoisotopic (exact) mass is 317 g/mol. The lowest BCUT2D eigenvalue weighted by atomic mass is 10.0. The van der Waals surface area contributed by atoms with Crippen molar-refractivity contribution in [1.82, 2.24) is 15.5 Å². The van der Waals surface area contributed by atoms with E-state index in [-0.39, 0.29) is 24.0 Å². The van der Waals surface area contributed by atoms with Gasteiger partial charge in [0.2, 0.25) is 5.91 Å². The topological polar surface area (TPSA) is 70.7 Å². The normalized spacial score (nSPS) is 21.1. The first-order chi connectivity index (χ1) is 11.1. The molecule has 23 heavy (non-hydrogen) atoms. The van der Waals surface area contributed by atoms with Crippen LogP contribution in [0.1, 0.15) is 37.8 Å². The van der Waals surface area contributed by atoms with Crippen molar-refractivity contribution in [3.05, 3.63) is 29.8 Å². The zero-order valence-electron chi connectivity index (χ0n) is 13.4. The number of ether oxygens (including phenoxy) is 1. The summed E-state index contributed by atoms with van der Waals surface area (Å²) in [6.07, 6.45) is 2.38. The molecule has 1 fully saturated rings. The minimum absolute atomic E-state index is 0.0164. The van der Waals surface area contributed by atoms with Gasteiger partial charge in [0, 0.05) is 38.0 Å². The molecule has 0 aliphatic carbocycles. The lowest BCUT2D eigenvalue weighted by Gasteiger charge is -2.32. The van der Waals surface area contributed by atoms with Crippen molar-refractivity contribution in [2.45, 2.75) is 38.3 Å². The standard InChI is InChI=1S/C17H23N3O3/c1-12(21)20-9-6-13(7-10-20)18-17(22)19-15-8-11-23-16-5-3-2-4-14(15)16/h2-5,13,15H,6-11H2,1H3,(H2,18,19,22). The van der Waals surface area contributed by atoms with Gasteiger partial charge in [-0.05, 0) is 18.9 Å². The highest BCUT2D eigenvalue weighted by Crippen LogP contribution is 2.31. The Labute approximate surface area is 136 Å². The van der Waals surface area contributed by atoms with E-state index in [2.05, 4.69) is 10.6 Å². The van der Waals surface area contributed by atoms with Crippen LogP contribution in [-0.2, 0) is 4.79 Å². The second-order valence-electron chi connectivity index (χ2n) is 6.13. The van der Waals surface area contributed by atoms with Gasteiger partial charge in [0.05, 0.1) is 12.6 Å². The fourth-order valence-electron chi connectivity index (χ4n) is 3.22. The molecule has 0 spiro atoms. The van der Waals surface area contributed by atoms with Crippen molar-refractivity contribution < 1.29 is 14.3 Å². The van der Waals surface area contributed by atoms with Crippen LogP contribution >= 0.6 is 0 Å². The molecule has 1 aromatic rings.